The van der Waals surface area contributed by atoms with E-state index in [1.807, 2.05) is 28.9 Å². The zero-order valence-electron chi connectivity index (χ0n) is 10.6. The topological polar surface area (TPSA) is 15.3 Å². The average molecular weight is 291 g/mol. The lowest BCUT2D eigenvalue weighted by atomic mass is 10.2. The number of rotatable bonds is 3. The van der Waals surface area contributed by atoms with Crippen molar-refractivity contribution in [3.63, 3.8) is 0 Å². The standard InChI is InChI=1S/C15H15ClN2S/c1-11-7-13-8-14(9-15(16)18(13)17-11)19-10-12-5-3-2-4-6-12/h2-9,11,17H,10H2,1H3. The summed E-state index contributed by atoms with van der Waals surface area (Å²) in [7, 11) is 0. The van der Waals surface area contributed by atoms with E-state index in [0.29, 0.717) is 6.04 Å². The minimum Gasteiger partial charge on any atom is -0.265 e. The number of hydrogen-bond acceptors (Lipinski definition) is 3. The van der Waals surface area contributed by atoms with Crippen LogP contribution in [0.15, 0.2) is 64.3 Å². The number of thioether (sulfide) groups is 1. The van der Waals surface area contributed by atoms with Crippen LogP contribution in [-0.2, 0) is 5.75 Å². The van der Waals surface area contributed by atoms with Gasteiger partial charge in [0.05, 0.1) is 5.70 Å². The Kier molecular flexibility index (Phi) is 3.69. The highest BCUT2D eigenvalue weighted by atomic mass is 35.5. The van der Waals surface area contributed by atoms with Gasteiger partial charge in [0.25, 0.3) is 0 Å². The van der Waals surface area contributed by atoms with E-state index in [1.54, 1.807) is 0 Å². The molecule has 0 aromatic heterocycles. The van der Waals surface area contributed by atoms with Crippen LogP contribution in [0.2, 0.25) is 0 Å². The fraction of sp³-hybridized carbons (Fsp3) is 0.200. The van der Waals surface area contributed by atoms with Crippen molar-refractivity contribution in [3.8, 4) is 0 Å². The first kappa shape index (κ1) is 12.9. The molecule has 0 aliphatic carbocycles. The molecule has 2 nitrogen and oxygen atoms in total. The molecule has 1 unspecified atom stereocenters. The minimum atomic E-state index is 0.326. The van der Waals surface area contributed by atoms with Gasteiger partial charge in [-0.25, -0.2) is 5.43 Å². The third-order valence-corrected chi connectivity index (χ3v) is 4.35. The maximum Gasteiger partial charge on any atom is 0.124 e. The van der Waals surface area contributed by atoms with Gasteiger partial charge in [-0.1, -0.05) is 41.9 Å². The summed E-state index contributed by atoms with van der Waals surface area (Å²) in [6.07, 6.45) is 6.37. The molecule has 19 heavy (non-hydrogen) atoms. The van der Waals surface area contributed by atoms with Crippen LogP contribution in [0.5, 0.6) is 0 Å². The Morgan fingerprint density at radius 3 is 2.84 bits per heavy atom. The second-order valence-corrected chi connectivity index (χ2v) is 6.07. The van der Waals surface area contributed by atoms with Crippen molar-refractivity contribution in [2.24, 2.45) is 0 Å². The van der Waals surface area contributed by atoms with Gasteiger partial charge < -0.3 is 0 Å². The van der Waals surface area contributed by atoms with E-state index in [0.717, 1.165) is 16.6 Å². The van der Waals surface area contributed by atoms with E-state index < -0.39 is 0 Å². The molecule has 98 valence electrons. The van der Waals surface area contributed by atoms with Gasteiger partial charge in [-0.15, -0.1) is 11.8 Å². The normalized spacial score (nSPS) is 21.7. The highest BCUT2D eigenvalue weighted by Crippen LogP contribution is 2.34. The number of nitrogens with one attached hydrogen (secondary N) is 1. The third kappa shape index (κ3) is 2.89. The molecule has 0 saturated heterocycles. The molecule has 2 heterocycles. The molecule has 1 N–H and O–H groups in total. The Morgan fingerprint density at radius 1 is 1.26 bits per heavy atom. The van der Waals surface area contributed by atoms with Crippen LogP contribution < -0.4 is 5.43 Å². The summed E-state index contributed by atoms with van der Waals surface area (Å²) in [5.74, 6) is 0.962. The highest BCUT2D eigenvalue weighted by molar-refractivity contribution is 8.02. The summed E-state index contributed by atoms with van der Waals surface area (Å²) in [5, 5.41) is 2.66. The van der Waals surface area contributed by atoms with Crippen LogP contribution in [0.3, 0.4) is 0 Å². The minimum absolute atomic E-state index is 0.326. The first-order chi connectivity index (χ1) is 9.22. The highest BCUT2D eigenvalue weighted by Gasteiger charge is 2.24. The Bertz CT molecular complexity index is 563. The maximum atomic E-state index is 6.29. The SMILES string of the molecule is CC1C=C2C=C(SCc3ccccc3)C=C(Cl)N2N1. The summed E-state index contributed by atoms with van der Waals surface area (Å²) < 4.78 is 0. The molecule has 2 aliphatic heterocycles. The van der Waals surface area contributed by atoms with Gasteiger partial charge in [-0.3, -0.25) is 5.01 Å². The van der Waals surface area contributed by atoms with Crippen molar-refractivity contribution in [2.45, 2.75) is 18.7 Å². The molecular weight excluding hydrogens is 276 g/mol. The molecule has 1 aromatic rings. The molecule has 0 bridgehead atoms. The number of nitrogens with zero attached hydrogens (tertiary/aromatic N) is 1. The van der Waals surface area contributed by atoms with E-state index in [9.17, 15) is 0 Å². The van der Waals surface area contributed by atoms with Gasteiger partial charge >= 0.3 is 0 Å². The number of fused-ring (bicyclic) bond motifs is 1. The summed E-state index contributed by atoms with van der Waals surface area (Å²) in [5.41, 5.74) is 5.75. The number of halogens is 1. The quantitative estimate of drug-likeness (QED) is 0.848. The number of hydrazine groups is 1. The molecule has 4 heteroatoms. The van der Waals surface area contributed by atoms with Crippen LogP contribution in [0, 0.1) is 0 Å². The zero-order valence-corrected chi connectivity index (χ0v) is 12.2. The molecule has 1 atom stereocenters. The van der Waals surface area contributed by atoms with Crippen molar-refractivity contribution in [2.75, 3.05) is 0 Å². The molecular formula is C15H15ClN2S. The first-order valence-corrected chi connectivity index (χ1v) is 7.62. The summed E-state index contributed by atoms with van der Waals surface area (Å²) >= 11 is 8.10. The lowest BCUT2D eigenvalue weighted by molar-refractivity contribution is 0.349. The molecule has 0 radical (unpaired) electrons. The van der Waals surface area contributed by atoms with E-state index in [2.05, 4.69) is 48.8 Å². The van der Waals surface area contributed by atoms with Gasteiger partial charge in [0.1, 0.15) is 5.16 Å². The van der Waals surface area contributed by atoms with Crippen molar-refractivity contribution < 1.29 is 0 Å². The molecule has 0 spiro atoms. The van der Waals surface area contributed by atoms with Crippen LogP contribution in [0.1, 0.15) is 12.5 Å². The second kappa shape index (κ2) is 5.45. The van der Waals surface area contributed by atoms with Gasteiger partial charge in [0, 0.05) is 16.7 Å². The molecule has 0 saturated carbocycles. The Morgan fingerprint density at radius 2 is 2.05 bits per heavy atom. The molecule has 3 rings (SSSR count). The number of benzene rings is 1. The van der Waals surface area contributed by atoms with Gasteiger partial charge in [0.15, 0.2) is 0 Å². The maximum absolute atomic E-state index is 6.29. The first-order valence-electron chi connectivity index (χ1n) is 6.26. The monoisotopic (exact) mass is 290 g/mol. The largest absolute Gasteiger partial charge is 0.265 e. The lowest BCUT2D eigenvalue weighted by Gasteiger charge is -2.24. The average Bonchev–Trinajstić information content (AvgIpc) is 2.79. The number of allylic oxidation sites excluding steroid dienone is 2. The van der Waals surface area contributed by atoms with E-state index in [-0.39, 0.29) is 0 Å². The lowest BCUT2D eigenvalue weighted by Crippen LogP contribution is -2.34. The molecule has 2 aliphatic rings. The van der Waals surface area contributed by atoms with E-state index >= 15 is 0 Å². The molecule has 0 amide bonds. The summed E-state index contributed by atoms with van der Waals surface area (Å²) in [6.45, 7) is 2.11. The zero-order chi connectivity index (χ0) is 13.2. The van der Waals surface area contributed by atoms with Crippen LogP contribution in [-0.4, -0.2) is 11.1 Å². The predicted molar refractivity (Wildman–Crippen MR) is 82.3 cm³/mol. The van der Waals surface area contributed by atoms with Gasteiger partial charge in [-0.2, -0.15) is 0 Å². The smallest absolute Gasteiger partial charge is 0.124 e. The van der Waals surface area contributed by atoms with Crippen molar-refractivity contribution >= 4 is 23.4 Å². The third-order valence-electron chi connectivity index (χ3n) is 3.03. The van der Waals surface area contributed by atoms with Crippen molar-refractivity contribution in [1.29, 1.82) is 0 Å². The Hall–Kier alpha value is -1.16. The van der Waals surface area contributed by atoms with Gasteiger partial charge in [0.2, 0.25) is 0 Å². The molecule has 0 fully saturated rings. The summed E-state index contributed by atoms with van der Waals surface area (Å²) in [4.78, 5) is 1.20. The van der Waals surface area contributed by atoms with Crippen LogP contribution in [0.25, 0.3) is 0 Å². The summed E-state index contributed by atoms with van der Waals surface area (Å²) in [6, 6.07) is 10.8. The van der Waals surface area contributed by atoms with Crippen LogP contribution in [0.4, 0.5) is 0 Å². The second-order valence-electron chi connectivity index (χ2n) is 4.63. The van der Waals surface area contributed by atoms with Crippen molar-refractivity contribution in [1.82, 2.24) is 10.4 Å². The fourth-order valence-electron chi connectivity index (χ4n) is 2.14. The Balaban J connectivity index is 1.72. The Labute approximate surface area is 122 Å². The predicted octanol–water partition coefficient (Wildman–Crippen LogP) is 3.99. The van der Waals surface area contributed by atoms with Crippen LogP contribution >= 0.6 is 23.4 Å². The molecule has 1 aromatic carbocycles. The number of hydrogen-bond donors (Lipinski definition) is 1. The van der Waals surface area contributed by atoms with E-state index in [4.69, 9.17) is 11.6 Å². The van der Waals surface area contributed by atoms with E-state index in [1.165, 1.54) is 10.5 Å². The van der Waals surface area contributed by atoms with Gasteiger partial charge in [-0.05, 0) is 30.7 Å². The fourth-order valence-corrected chi connectivity index (χ4v) is 3.39. The van der Waals surface area contributed by atoms with Crippen molar-refractivity contribution in [3.05, 3.63) is 69.9 Å².